The van der Waals surface area contributed by atoms with Gasteiger partial charge in [-0.25, -0.2) is 4.98 Å². The molecule has 0 aromatic carbocycles. The van der Waals surface area contributed by atoms with Gasteiger partial charge in [-0.15, -0.1) is 0 Å². The van der Waals surface area contributed by atoms with Gasteiger partial charge in [0, 0.05) is 61.5 Å². The number of H-pyrrole nitrogens is 1. The van der Waals surface area contributed by atoms with E-state index in [4.69, 9.17) is 9.97 Å². The van der Waals surface area contributed by atoms with E-state index in [2.05, 4.69) is 33.0 Å². The molecular formula is C20H28N6. The van der Waals surface area contributed by atoms with Crippen LogP contribution in [-0.4, -0.2) is 39.8 Å². The average molecular weight is 352 g/mol. The van der Waals surface area contributed by atoms with Gasteiger partial charge in [-0.05, 0) is 32.1 Å². The maximum Gasteiger partial charge on any atom is 0.227 e. The van der Waals surface area contributed by atoms with Gasteiger partial charge in [0.25, 0.3) is 0 Å². The molecule has 1 saturated heterocycles. The standard InChI is InChI=1S/C20H28N6/c1-2-15-12-18(22-20(21-15)25-9-3-4-10-25)26-11-8-17-16(13-26)19(24-23-17)14-6-5-7-14/h12,14H,2-11,13H2,1H3,(H,23,24). The number of hydrogen-bond donors (Lipinski definition) is 1. The van der Waals surface area contributed by atoms with E-state index in [1.54, 1.807) is 0 Å². The van der Waals surface area contributed by atoms with Gasteiger partial charge in [0.2, 0.25) is 5.95 Å². The number of nitrogens with one attached hydrogen (secondary N) is 1. The fourth-order valence-corrected chi connectivity index (χ4v) is 4.40. The Morgan fingerprint density at radius 2 is 1.92 bits per heavy atom. The summed E-state index contributed by atoms with van der Waals surface area (Å²) in [4.78, 5) is 14.5. The maximum absolute atomic E-state index is 4.96. The second-order valence-electron chi connectivity index (χ2n) is 7.93. The van der Waals surface area contributed by atoms with Crippen LogP contribution in [0.4, 0.5) is 11.8 Å². The Labute approximate surface area is 155 Å². The summed E-state index contributed by atoms with van der Waals surface area (Å²) in [6.07, 6.45) is 8.42. The second-order valence-corrected chi connectivity index (χ2v) is 7.93. The molecule has 0 amide bonds. The van der Waals surface area contributed by atoms with Crippen LogP contribution < -0.4 is 9.80 Å². The number of aromatic amines is 1. The molecule has 0 radical (unpaired) electrons. The van der Waals surface area contributed by atoms with Gasteiger partial charge in [-0.1, -0.05) is 13.3 Å². The van der Waals surface area contributed by atoms with Gasteiger partial charge < -0.3 is 9.80 Å². The molecule has 0 atom stereocenters. The number of fused-ring (bicyclic) bond motifs is 1. The lowest BCUT2D eigenvalue weighted by Crippen LogP contribution is -2.32. The van der Waals surface area contributed by atoms with Crippen molar-refractivity contribution in [2.24, 2.45) is 0 Å². The molecule has 138 valence electrons. The van der Waals surface area contributed by atoms with Crippen LogP contribution in [0.1, 0.15) is 67.6 Å². The molecule has 2 aliphatic heterocycles. The molecule has 2 aromatic rings. The number of aryl methyl sites for hydroxylation is 1. The molecule has 5 rings (SSSR count). The molecule has 1 saturated carbocycles. The van der Waals surface area contributed by atoms with Crippen molar-refractivity contribution in [2.75, 3.05) is 29.4 Å². The van der Waals surface area contributed by atoms with Gasteiger partial charge in [-0.3, -0.25) is 5.10 Å². The first-order valence-corrected chi connectivity index (χ1v) is 10.3. The number of rotatable bonds is 4. The third kappa shape index (κ3) is 2.75. The molecular weight excluding hydrogens is 324 g/mol. The van der Waals surface area contributed by atoms with E-state index in [0.717, 1.165) is 56.5 Å². The summed E-state index contributed by atoms with van der Waals surface area (Å²) in [6, 6.07) is 2.19. The molecule has 3 aliphatic rings. The van der Waals surface area contributed by atoms with Gasteiger partial charge in [0.1, 0.15) is 5.82 Å². The first-order chi connectivity index (χ1) is 12.8. The quantitative estimate of drug-likeness (QED) is 0.916. The molecule has 4 heterocycles. The zero-order valence-electron chi connectivity index (χ0n) is 15.7. The fraction of sp³-hybridized carbons (Fsp3) is 0.650. The van der Waals surface area contributed by atoms with Crippen LogP contribution in [-0.2, 0) is 19.4 Å². The first-order valence-electron chi connectivity index (χ1n) is 10.3. The minimum absolute atomic E-state index is 0.673. The van der Waals surface area contributed by atoms with Gasteiger partial charge in [0.05, 0.1) is 5.69 Å². The van der Waals surface area contributed by atoms with Crippen molar-refractivity contribution in [3.05, 3.63) is 28.7 Å². The number of anilines is 2. The topological polar surface area (TPSA) is 60.9 Å². The van der Waals surface area contributed by atoms with Crippen molar-refractivity contribution in [3.8, 4) is 0 Å². The highest BCUT2D eigenvalue weighted by Gasteiger charge is 2.30. The molecule has 1 aliphatic carbocycles. The second kappa shape index (κ2) is 6.56. The molecule has 0 unspecified atom stereocenters. The van der Waals surface area contributed by atoms with E-state index >= 15 is 0 Å². The van der Waals surface area contributed by atoms with Crippen LogP contribution in [0.5, 0.6) is 0 Å². The third-order valence-electron chi connectivity index (χ3n) is 6.29. The van der Waals surface area contributed by atoms with E-state index in [1.807, 2.05) is 0 Å². The monoisotopic (exact) mass is 352 g/mol. The highest BCUT2D eigenvalue weighted by Crippen LogP contribution is 2.39. The van der Waals surface area contributed by atoms with Crippen LogP contribution in [0, 0.1) is 0 Å². The smallest absolute Gasteiger partial charge is 0.227 e. The van der Waals surface area contributed by atoms with E-state index in [-0.39, 0.29) is 0 Å². The minimum Gasteiger partial charge on any atom is -0.352 e. The van der Waals surface area contributed by atoms with Crippen LogP contribution in [0.25, 0.3) is 0 Å². The lowest BCUT2D eigenvalue weighted by Gasteiger charge is -2.31. The van der Waals surface area contributed by atoms with Crippen LogP contribution in [0.2, 0.25) is 0 Å². The van der Waals surface area contributed by atoms with E-state index in [0.29, 0.717) is 5.92 Å². The molecule has 0 bridgehead atoms. The Morgan fingerprint density at radius 1 is 1.08 bits per heavy atom. The van der Waals surface area contributed by atoms with Crippen molar-refractivity contribution in [3.63, 3.8) is 0 Å². The van der Waals surface area contributed by atoms with Crippen molar-refractivity contribution in [1.82, 2.24) is 20.2 Å². The number of nitrogens with zero attached hydrogens (tertiary/aromatic N) is 5. The van der Waals surface area contributed by atoms with Crippen LogP contribution in [0.3, 0.4) is 0 Å². The summed E-state index contributed by atoms with van der Waals surface area (Å²) in [5.41, 5.74) is 5.24. The zero-order valence-corrected chi connectivity index (χ0v) is 15.7. The Balaban J connectivity index is 1.44. The van der Waals surface area contributed by atoms with Gasteiger partial charge in [0.15, 0.2) is 0 Å². The van der Waals surface area contributed by atoms with Crippen molar-refractivity contribution in [2.45, 2.75) is 64.3 Å². The minimum atomic E-state index is 0.673. The summed E-state index contributed by atoms with van der Waals surface area (Å²) in [5, 5.41) is 7.98. The van der Waals surface area contributed by atoms with Crippen LogP contribution >= 0.6 is 0 Å². The van der Waals surface area contributed by atoms with Crippen molar-refractivity contribution < 1.29 is 0 Å². The fourth-order valence-electron chi connectivity index (χ4n) is 4.40. The summed E-state index contributed by atoms with van der Waals surface area (Å²) in [5.74, 6) is 2.69. The predicted molar refractivity (Wildman–Crippen MR) is 103 cm³/mol. The molecule has 6 nitrogen and oxygen atoms in total. The maximum atomic E-state index is 4.96. The SMILES string of the molecule is CCc1cc(N2CCc3[nH]nc(C4CCC4)c3C2)nc(N2CCCC2)n1. The summed E-state index contributed by atoms with van der Waals surface area (Å²) >= 11 is 0. The average Bonchev–Trinajstić information content (AvgIpc) is 3.30. The largest absolute Gasteiger partial charge is 0.352 e. The third-order valence-corrected chi connectivity index (χ3v) is 6.29. The van der Waals surface area contributed by atoms with Crippen molar-refractivity contribution >= 4 is 11.8 Å². The molecule has 26 heavy (non-hydrogen) atoms. The lowest BCUT2D eigenvalue weighted by molar-refractivity contribution is 0.408. The van der Waals surface area contributed by atoms with E-state index in [1.165, 1.54) is 49.1 Å². The molecule has 2 fully saturated rings. The van der Waals surface area contributed by atoms with Gasteiger partial charge in [-0.2, -0.15) is 10.1 Å². The highest BCUT2D eigenvalue weighted by molar-refractivity contribution is 5.49. The number of hydrogen-bond acceptors (Lipinski definition) is 5. The molecule has 6 heteroatoms. The Kier molecular flexibility index (Phi) is 4.06. The van der Waals surface area contributed by atoms with E-state index in [9.17, 15) is 0 Å². The van der Waals surface area contributed by atoms with Crippen LogP contribution in [0.15, 0.2) is 6.07 Å². The molecule has 0 spiro atoms. The lowest BCUT2D eigenvalue weighted by atomic mass is 9.81. The normalized spacial score (nSPS) is 20.3. The summed E-state index contributed by atoms with van der Waals surface area (Å²) in [6.45, 7) is 6.28. The van der Waals surface area contributed by atoms with Gasteiger partial charge >= 0.3 is 0 Å². The summed E-state index contributed by atoms with van der Waals surface area (Å²) < 4.78 is 0. The Morgan fingerprint density at radius 3 is 2.65 bits per heavy atom. The Bertz CT molecular complexity index is 788. The van der Waals surface area contributed by atoms with Crippen molar-refractivity contribution in [1.29, 1.82) is 0 Å². The summed E-state index contributed by atoms with van der Waals surface area (Å²) in [7, 11) is 0. The first kappa shape index (κ1) is 16.1. The Hall–Kier alpha value is -2.11. The van der Waals surface area contributed by atoms with E-state index < -0.39 is 0 Å². The highest BCUT2D eigenvalue weighted by atomic mass is 15.3. The zero-order chi connectivity index (χ0) is 17.5. The number of aromatic nitrogens is 4. The molecule has 1 N–H and O–H groups in total. The predicted octanol–water partition coefficient (Wildman–Crippen LogP) is 3.19. The molecule has 2 aromatic heterocycles.